The van der Waals surface area contributed by atoms with Crippen LogP contribution in [0.2, 0.25) is 0 Å². The third kappa shape index (κ3) is 3.46. The lowest BCUT2D eigenvalue weighted by molar-refractivity contribution is -0.137. The number of hydrogen-bond acceptors (Lipinski definition) is 4. The first-order valence-electron chi connectivity index (χ1n) is 6.00. The number of carbonyl (C=O) groups is 1. The summed E-state index contributed by atoms with van der Waals surface area (Å²) in [4.78, 5) is 12.5. The first-order chi connectivity index (χ1) is 9.60. The van der Waals surface area contributed by atoms with Gasteiger partial charge in [0, 0.05) is 13.1 Å². The van der Waals surface area contributed by atoms with Gasteiger partial charge in [0.05, 0.1) is 28.3 Å². The van der Waals surface area contributed by atoms with Crippen molar-refractivity contribution in [3.8, 4) is 0 Å². The molecule has 0 amide bonds. The molecule has 21 heavy (non-hydrogen) atoms. The van der Waals surface area contributed by atoms with Crippen molar-refractivity contribution in [2.45, 2.75) is 6.18 Å². The smallest absolute Gasteiger partial charge is 0.416 e. The molecule has 2 rings (SSSR count). The van der Waals surface area contributed by atoms with Gasteiger partial charge in [0.2, 0.25) is 0 Å². The van der Waals surface area contributed by atoms with Gasteiger partial charge in [0.1, 0.15) is 0 Å². The van der Waals surface area contributed by atoms with E-state index < -0.39 is 27.5 Å². The van der Waals surface area contributed by atoms with Crippen LogP contribution < -0.4 is 4.90 Å². The van der Waals surface area contributed by atoms with E-state index >= 15 is 0 Å². The topological polar surface area (TPSA) is 74.7 Å². The molecule has 1 N–H and O–H groups in total. The van der Waals surface area contributed by atoms with Gasteiger partial charge in [-0.1, -0.05) is 0 Å². The maximum atomic E-state index is 12.7. The molecule has 1 aliphatic heterocycles. The van der Waals surface area contributed by atoms with E-state index in [0.717, 1.165) is 12.1 Å². The lowest BCUT2D eigenvalue weighted by Crippen LogP contribution is -2.41. The lowest BCUT2D eigenvalue weighted by Gasteiger charge is -2.30. The summed E-state index contributed by atoms with van der Waals surface area (Å²) in [6.07, 6.45) is -4.59. The standard InChI is InChI=1S/C12H12F3NO4S/c13-12(14,15)8-1-2-9(11(17)18)10(7-8)16-3-5-21(19,20)6-4-16/h1-2,7H,3-6H2,(H,17,18). The highest BCUT2D eigenvalue weighted by Gasteiger charge is 2.33. The number of rotatable bonds is 2. The Hall–Kier alpha value is -1.77. The highest BCUT2D eigenvalue weighted by molar-refractivity contribution is 7.91. The molecular formula is C12H12F3NO4S. The molecule has 1 saturated heterocycles. The Bertz CT molecular complexity index is 656. The number of benzene rings is 1. The fraction of sp³-hybridized carbons (Fsp3) is 0.417. The van der Waals surface area contributed by atoms with E-state index in [-0.39, 0.29) is 35.8 Å². The zero-order valence-electron chi connectivity index (χ0n) is 10.7. The maximum Gasteiger partial charge on any atom is 0.416 e. The number of aromatic carboxylic acids is 1. The summed E-state index contributed by atoms with van der Waals surface area (Å²) in [5.74, 6) is -1.77. The number of halogens is 3. The van der Waals surface area contributed by atoms with Gasteiger partial charge in [-0.25, -0.2) is 13.2 Å². The SMILES string of the molecule is O=C(O)c1ccc(C(F)(F)F)cc1N1CCS(=O)(=O)CC1. The van der Waals surface area contributed by atoms with E-state index in [1.165, 1.54) is 4.90 Å². The van der Waals surface area contributed by atoms with Crippen LogP contribution in [0.25, 0.3) is 0 Å². The van der Waals surface area contributed by atoms with Crippen molar-refractivity contribution in [1.82, 2.24) is 0 Å². The zero-order chi connectivity index (χ0) is 15.8. The molecule has 1 heterocycles. The van der Waals surface area contributed by atoms with Crippen molar-refractivity contribution in [2.75, 3.05) is 29.5 Å². The van der Waals surface area contributed by atoms with E-state index in [2.05, 4.69) is 0 Å². The Labute approximate surface area is 118 Å². The molecule has 0 radical (unpaired) electrons. The van der Waals surface area contributed by atoms with Crippen molar-refractivity contribution in [3.63, 3.8) is 0 Å². The molecule has 9 heteroatoms. The van der Waals surface area contributed by atoms with Crippen molar-refractivity contribution in [1.29, 1.82) is 0 Å². The van der Waals surface area contributed by atoms with Crippen LogP contribution in [0.15, 0.2) is 18.2 Å². The number of nitrogens with zero attached hydrogens (tertiary/aromatic N) is 1. The molecule has 1 fully saturated rings. The Morgan fingerprint density at radius 2 is 1.76 bits per heavy atom. The molecule has 0 unspecified atom stereocenters. The fourth-order valence-electron chi connectivity index (χ4n) is 2.10. The van der Waals surface area contributed by atoms with Crippen LogP contribution in [-0.2, 0) is 16.0 Å². The number of carboxylic acid groups (broad SMARTS) is 1. The number of anilines is 1. The van der Waals surface area contributed by atoms with E-state index in [0.29, 0.717) is 6.07 Å². The van der Waals surface area contributed by atoms with E-state index in [9.17, 15) is 26.4 Å². The summed E-state index contributed by atoms with van der Waals surface area (Å²) in [5.41, 5.74) is -1.34. The van der Waals surface area contributed by atoms with Crippen LogP contribution in [0.3, 0.4) is 0 Å². The summed E-state index contributed by atoms with van der Waals surface area (Å²) >= 11 is 0. The number of hydrogen-bond donors (Lipinski definition) is 1. The van der Waals surface area contributed by atoms with Crippen molar-refractivity contribution < 1.29 is 31.5 Å². The second-order valence-electron chi connectivity index (χ2n) is 4.67. The van der Waals surface area contributed by atoms with Gasteiger partial charge in [-0.3, -0.25) is 0 Å². The molecule has 1 aromatic carbocycles. The van der Waals surface area contributed by atoms with Crippen LogP contribution in [-0.4, -0.2) is 44.1 Å². The molecule has 5 nitrogen and oxygen atoms in total. The molecule has 0 spiro atoms. The average Bonchev–Trinajstić information content (AvgIpc) is 2.37. The van der Waals surface area contributed by atoms with Crippen LogP contribution >= 0.6 is 0 Å². The van der Waals surface area contributed by atoms with E-state index in [1.807, 2.05) is 0 Å². The summed E-state index contributed by atoms with van der Waals surface area (Å²) in [5, 5.41) is 9.07. The Morgan fingerprint density at radius 1 is 1.19 bits per heavy atom. The summed E-state index contributed by atoms with van der Waals surface area (Å²) < 4.78 is 60.9. The maximum absolute atomic E-state index is 12.7. The minimum absolute atomic E-state index is 0.0239. The third-order valence-corrected chi connectivity index (χ3v) is 4.85. The fourth-order valence-corrected chi connectivity index (χ4v) is 3.31. The van der Waals surface area contributed by atoms with Crippen molar-refractivity contribution in [2.24, 2.45) is 0 Å². The van der Waals surface area contributed by atoms with Crippen LogP contribution in [0.5, 0.6) is 0 Å². The zero-order valence-corrected chi connectivity index (χ0v) is 11.5. The van der Waals surface area contributed by atoms with Gasteiger partial charge in [-0.05, 0) is 18.2 Å². The van der Waals surface area contributed by atoms with Gasteiger partial charge in [-0.15, -0.1) is 0 Å². The second-order valence-corrected chi connectivity index (χ2v) is 6.98. The minimum atomic E-state index is -4.59. The predicted molar refractivity (Wildman–Crippen MR) is 69.3 cm³/mol. The first kappa shape index (κ1) is 15.6. The van der Waals surface area contributed by atoms with Crippen LogP contribution in [0, 0.1) is 0 Å². The molecular weight excluding hydrogens is 311 g/mol. The Morgan fingerprint density at radius 3 is 2.24 bits per heavy atom. The second kappa shape index (κ2) is 5.21. The lowest BCUT2D eigenvalue weighted by atomic mass is 10.1. The number of sulfone groups is 1. The van der Waals surface area contributed by atoms with Crippen LogP contribution in [0.1, 0.15) is 15.9 Å². The van der Waals surface area contributed by atoms with E-state index in [4.69, 9.17) is 5.11 Å². The van der Waals surface area contributed by atoms with Gasteiger partial charge in [0.25, 0.3) is 0 Å². The predicted octanol–water partition coefficient (Wildman–Crippen LogP) is 1.64. The van der Waals surface area contributed by atoms with Crippen molar-refractivity contribution >= 4 is 21.5 Å². The largest absolute Gasteiger partial charge is 0.478 e. The number of carboxylic acids is 1. The molecule has 1 aliphatic rings. The van der Waals surface area contributed by atoms with Gasteiger partial charge in [-0.2, -0.15) is 13.2 Å². The Balaban J connectivity index is 2.42. The Kier molecular flexibility index (Phi) is 3.87. The third-order valence-electron chi connectivity index (χ3n) is 3.24. The molecule has 0 atom stereocenters. The number of alkyl halides is 3. The van der Waals surface area contributed by atoms with Gasteiger partial charge >= 0.3 is 12.1 Å². The first-order valence-corrected chi connectivity index (χ1v) is 7.82. The molecule has 0 aliphatic carbocycles. The monoisotopic (exact) mass is 323 g/mol. The summed E-state index contributed by atoms with van der Waals surface area (Å²) in [6, 6.07) is 2.35. The molecule has 116 valence electrons. The van der Waals surface area contributed by atoms with Crippen molar-refractivity contribution in [3.05, 3.63) is 29.3 Å². The molecule has 1 aromatic rings. The quantitative estimate of drug-likeness (QED) is 0.895. The summed E-state index contributed by atoms with van der Waals surface area (Å²) in [7, 11) is -3.21. The summed E-state index contributed by atoms with van der Waals surface area (Å²) in [6.45, 7) is -0.0478. The van der Waals surface area contributed by atoms with Crippen LogP contribution in [0.4, 0.5) is 18.9 Å². The normalized spacial score (nSPS) is 18.5. The van der Waals surface area contributed by atoms with Gasteiger partial charge < -0.3 is 10.0 Å². The van der Waals surface area contributed by atoms with E-state index in [1.54, 1.807) is 0 Å². The highest BCUT2D eigenvalue weighted by Crippen LogP contribution is 2.34. The highest BCUT2D eigenvalue weighted by atomic mass is 32.2. The minimum Gasteiger partial charge on any atom is -0.478 e. The molecule has 0 aromatic heterocycles. The molecule has 0 bridgehead atoms. The van der Waals surface area contributed by atoms with Gasteiger partial charge in [0.15, 0.2) is 9.84 Å². The molecule has 0 saturated carbocycles. The average molecular weight is 323 g/mol.